The normalized spacial score (nSPS) is 9.86. The minimum absolute atomic E-state index is 0.103. The maximum absolute atomic E-state index is 11.7. The van der Waals surface area contributed by atoms with Gasteiger partial charge in [0.05, 0.1) is 6.54 Å². The smallest absolute Gasteiger partial charge is 0.243 e. The van der Waals surface area contributed by atoms with Crippen LogP contribution < -0.4 is 16.0 Å². The second-order valence-corrected chi connectivity index (χ2v) is 5.43. The van der Waals surface area contributed by atoms with Crippen molar-refractivity contribution in [3.05, 3.63) is 28.2 Å². The quantitative estimate of drug-likeness (QED) is 0.719. The molecule has 1 rings (SSSR count). The molecule has 1 aromatic rings. The van der Waals surface area contributed by atoms with Gasteiger partial charge in [0.1, 0.15) is 0 Å². The minimum Gasteiger partial charge on any atom is -0.356 e. The number of nitrogens with one attached hydrogen (secondary N) is 3. The van der Waals surface area contributed by atoms with Gasteiger partial charge in [-0.3, -0.25) is 14.4 Å². The van der Waals surface area contributed by atoms with E-state index >= 15 is 0 Å². The summed E-state index contributed by atoms with van der Waals surface area (Å²) < 4.78 is 0.935. The van der Waals surface area contributed by atoms with Gasteiger partial charge in [0, 0.05) is 30.0 Å². The fraction of sp³-hybridized carbons (Fsp3) is 0.357. The summed E-state index contributed by atoms with van der Waals surface area (Å²) in [5, 5.41) is 7.73. The molecule has 0 aliphatic rings. The highest BCUT2D eigenvalue weighted by molar-refractivity contribution is 9.10. The van der Waals surface area contributed by atoms with Crippen LogP contribution in [0.5, 0.6) is 0 Å². The topological polar surface area (TPSA) is 87.3 Å². The van der Waals surface area contributed by atoms with E-state index in [-0.39, 0.29) is 37.2 Å². The molecule has 0 heterocycles. The van der Waals surface area contributed by atoms with E-state index in [0.717, 1.165) is 10.0 Å². The first-order chi connectivity index (χ1) is 9.88. The summed E-state index contributed by atoms with van der Waals surface area (Å²) in [6, 6.07) is 5.51. The monoisotopic (exact) mass is 355 g/mol. The molecular weight excluding hydrogens is 338 g/mol. The standard InChI is InChI=1S/C14H18BrN3O3/c1-9-7-11(15)3-4-12(9)18-14(21)8-17-13(20)5-6-16-10(2)19/h3-4,7H,5-6,8H2,1-2H3,(H,16,19)(H,17,20)(H,18,21). The molecule has 3 amide bonds. The van der Waals surface area contributed by atoms with Gasteiger partial charge >= 0.3 is 0 Å². The summed E-state index contributed by atoms with van der Waals surface area (Å²) in [6.45, 7) is 3.42. The molecule has 0 aliphatic carbocycles. The number of hydrogen-bond acceptors (Lipinski definition) is 3. The Morgan fingerprint density at radius 1 is 1.14 bits per heavy atom. The molecule has 6 nitrogen and oxygen atoms in total. The Morgan fingerprint density at radius 2 is 1.86 bits per heavy atom. The van der Waals surface area contributed by atoms with E-state index in [0.29, 0.717) is 5.69 Å². The van der Waals surface area contributed by atoms with Crippen LogP contribution in [-0.2, 0) is 14.4 Å². The number of halogens is 1. The summed E-state index contributed by atoms with van der Waals surface area (Å²) in [6.07, 6.45) is 0.143. The maximum atomic E-state index is 11.7. The van der Waals surface area contributed by atoms with Gasteiger partial charge < -0.3 is 16.0 Å². The number of carbonyl (C=O) groups excluding carboxylic acids is 3. The van der Waals surface area contributed by atoms with E-state index in [2.05, 4.69) is 31.9 Å². The Kier molecular flexibility index (Phi) is 6.87. The SMILES string of the molecule is CC(=O)NCCC(=O)NCC(=O)Nc1ccc(Br)cc1C. The Balaban J connectivity index is 2.33. The molecule has 0 atom stereocenters. The van der Waals surface area contributed by atoms with Crippen molar-refractivity contribution < 1.29 is 14.4 Å². The number of aryl methyl sites for hydroxylation is 1. The van der Waals surface area contributed by atoms with Crippen molar-refractivity contribution in [3.63, 3.8) is 0 Å². The molecule has 0 bridgehead atoms. The molecule has 3 N–H and O–H groups in total. The van der Waals surface area contributed by atoms with Crippen molar-refractivity contribution in [2.45, 2.75) is 20.3 Å². The van der Waals surface area contributed by atoms with Crippen LogP contribution in [0.4, 0.5) is 5.69 Å². The van der Waals surface area contributed by atoms with Crippen molar-refractivity contribution >= 4 is 39.3 Å². The third-order valence-corrected chi connectivity index (χ3v) is 3.13. The van der Waals surface area contributed by atoms with Crippen LogP contribution in [0, 0.1) is 6.92 Å². The Labute approximate surface area is 131 Å². The van der Waals surface area contributed by atoms with Gasteiger partial charge in [0.15, 0.2) is 0 Å². The molecular formula is C14H18BrN3O3. The zero-order valence-electron chi connectivity index (χ0n) is 12.0. The van der Waals surface area contributed by atoms with Gasteiger partial charge in [-0.25, -0.2) is 0 Å². The Hall–Kier alpha value is -1.89. The third kappa shape index (κ3) is 6.89. The molecule has 0 radical (unpaired) electrons. The van der Waals surface area contributed by atoms with Crippen LogP contribution in [0.1, 0.15) is 18.9 Å². The molecule has 0 unspecified atom stereocenters. The minimum atomic E-state index is -0.298. The summed E-state index contributed by atoms with van der Waals surface area (Å²) in [5.74, 6) is -0.772. The van der Waals surface area contributed by atoms with Crippen LogP contribution in [0.3, 0.4) is 0 Å². The molecule has 0 aromatic heterocycles. The van der Waals surface area contributed by atoms with E-state index in [1.54, 1.807) is 6.07 Å². The lowest BCUT2D eigenvalue weighted by Crippen LogP contribution is -2.35. The molecule has 1 aromatic carbocycles. The molecule has 0 saturated carbocycles. The maximum Gasteiger partial charge on any atom is 0.243 e. The fourth-order valence-corrected chi connectivity index (χ4v) is 2.06. The average Bonchev–Trinajstić information content (AvgIpc) is 2.39. The summed E-state index contributed by atoms with van der Waals surface area (Å²) in [4.78, 5) is 33.8. The molecule has 7 heteroatoms. The van der Waals surface area contributed by atoms with E-state index in [1.165, 1.54) is 6.92 Å². The Morgan fingerprint density at radius 3 is 2.48 bits per heavy atom. The number of amides is 3. The molecule has 21 heavy (non-hydrogen) atoms. The second kappa shape index (κ2) is 8.41. The number of carbonyl (C=O) groups is 3. The number of hydrogen-bond donors (Lipinski definition) is 3. The molecule has 114 valence electrons. The highest BCUT2D eigenvalue weighted by Crippen LogP contribution is 2.19. The lowest BCUT2D eigenvalue weighted by molar-refractivity contribution is -0.124. The highest BCUT2D eigenvalue weighted by Gasteiger charge is 2.07. The number of rotatable bonds is 6. The molecule has 0 aliphatic heterocycles. The first-order valence-electron chi connectivity index (χ1n) is 6.45. The lowest BCUT2D eigenvalue weighted by atomic mass is 10.2. The van der Waals surface area contributed by atoms with Gasteiger partial charge in [0.2, 0.25) is 17.7 Å². The predicted octanol–water partition coefficient (Wildman–Crippen LogP) is 1.34. The van der Waals surface area contributed by atoms with Crippen molar-refractivity contribution in [2.75, 3.05) is 18.4 Å². The largest absolute Gasteiger partial charge is 0.356 e. The molecule has 0 saturated heterocycles. The van der Waals surface area contributed by atoms with Crippen molar-refractivity contribution in [1.29, 1.82) is 0 Å². The van der Waals surface area contributed by atoms with Crippen LogP contribution >= 0.6 is 15.9 Å². The third-order valence-electron chi connectivity index (χ3n) is 2.63. The zero-order chi connectivity index (χ0) is 15.8. The van der Waals surface area contributed by atoms with Crippen molar-refractivity contribution in [1.82, 2.24) is 10.6 Å². The number of anilines is 1. The summed E-state index contributed by atoms with van der Waals surface area (Å²) in [7, 11) is 0. The van der Waals surface area contributed by atoms with Gasteiger partial charge in [-0.1, -0.05) is 15.9 Å². The summed E-state index contributed by atoms with van der Waals surface area (Å²) in [5.41, 5.74) is 1.63. The molecule has 0 spiro atoms. The Bertz CT molecular complexity index is 546. The van der Waals surface area contributed by atoms with E-state index < -0.39 is 0 Å². The first kappa shape index (κ1) is 17.2. The van der Waals surface area contributed by atoms with Crippen molar-refractivity contribution in [3.8, 4) is 0 Å². The van der Waals surface area contributed by atoms with Crippen LogP contribution in [0.15, 0.2) is 22.7 Å². The second-order valence-electron chi connectivity index (χ2n) is 4.52. The van der Waals surface area contributed by atoms with Crippen molar-refractivity contribution in [2.24, 2.45) is 0 Å². The van der Waals surface area contributed by atoms with Gasteiger partial charge in [0.25, 0.3) is 0 Å². The van der Waals surface area contributed by atoms with Crippen LogP contribution in [0.25, 0.3) is 0 Å². The van der Waals surface area contributed by atoms with Crippen LogP contribution in [-0.4, -0.2) is 30.8 Å². The number of benzene rings is 1. The highest BCUT2D eigenvalue weighted by atomic mass is 79.9. The van der Waals surface area contributed by atoms with Gasteiger partial charge in [-0.05, 0) is 30.7 Å². The zero-order valence-corrected chi connectivity index (χ0v) is 13.5. The average molecular weight is 356 g/mol. The van der Waals surface area contributed by atoms with E-state index in [4.69, 9.17) is 0 Å². The van der Waals surface area contributed by atoms with E-state index in [1.807, 2.05) is 19.1 Å². The van der Waals surface area contributed by atoms with E-state index in [9.17, 15) is 14.4 Å². The van der Waals surface area contributed by atoms with Gasteiger partial charge in [-0.15, -0.1) is 0 Å². The predicted molar refractivity (Wildman–Crippen MR) is 83.8 cm³/mol. The summed E-state index contributed by atoms with van der Waals surface area (Å²) >= 11 is 3.35. The fourth-order valence-electron chi connectivity index (χ4n) is 1.58. The lowest BCUT2D eigenvalue weighted by Gasteiger charge is -2.09. The molecule has 0 fully saturated rings. The van der Waals surface area contributed by atoms with Crippen LogP contribution in [0.2, 0.25) is 0 Å². The first-order valence-corrected chi connectivity index (χ1v) is 7.25. The van der Waals surface area contributed by atoms with Gasteiger partial charge in [-0.2, -0.15) is 0 Å².